The minimum Gasteiger partial charge on any atom is -0.442 e. The molecule has 0 aliphatic carbocycles. The van der Waals surface area contributed by atoms with Gasteiger partial charge in [-0.25, -0.2) is 4.98 Å². The Bertz CT molecular complexity index is 318. The van der Waals surface area contributed by atoms with Gasteiger partial charge in [0, 0.05) is 0 Å². The van der Waals surface area contributed by atoms with Gasteiger partial charge in [-0.15, -0.1) is 0 Å². The highest BCUT2D eigenvalue weighted by Crippen LogP contribution is 2.19. The van der Waals surface area contributed by atoms with Gasteiger partial charge in [0.1, 0.15) is 11.4 Å². The van der Waals surface area contributed by atoms with E-state index in [1.54, 1.807) is 20.0 Å². The lowest BCUT2D eigenvalue weighted by Gasteiger charge is -2.22. The van der Waals surface area contributed by atoms with Gasteiger partial charge in [-0.3, -0.25) is 0 Å². The molecule has 0 radical (unpaired) electrons. The summed E-state index contributed by atoms with van der Waals surface area (Å²) >= 11 is 0. The first-order chi connectivity index (χ1) is 6.68. The van der Waals surface area contributed by atoms with E-state index in [4.69, 9.17) is 4.42 Å². The first-order valence-corrected chi connectivity index (χ1v) is 5.16. The summed E-state index contributed by atoms with van der Waals surface area (Å²) < 4.78 is 6.36. The van der Waals surface area contributed by atoms with E-state index in [0.717, 1.165) is 23.2 Å². The first-order valence-electron chi connectivity index (χ1n) is 5.16. The highest BCUT2D eigenvalue weighted by molar-refractivity contribution is 4.99. The second-order valence-corrected chi connectivity index (χ2v) is 5.45. The first kappa shape index (κ1) is 12.2. The third-order valence-corrected chi connectivity index (χ3v) is 2.11. The van der Waals surface area contributed by atoms with Gasteiger partial charge in [0.25, 0.3) is 0 Å². The summed E-state index contributed by atoms with van der Waals surface area (Å²) in [6.45, 7) is 4.32. The zero-order chi connectivity index (χ0) is 11.7. The van der Waals surface area contributed by atoms with Crippen molar-refractivity contribution in [1.29, 1.82) is 0 Å². The van der Waals surface area contributed by atoms with Crippen LogP contribution in [0.2, 0.25) is 0 Å². The molecule has 0 spiro atoms. The van der Waals surface area contributed by atoms with E-state index in [-0.39, 0.29) is 0 Å². The Hall–Kier alpha value is -0.870. The molecule has 1 N–H and O–H groups in total. The number of aromatic nitrogens is 1. The Labute approximate surface area is 91.1 Å². The monoisotopic (exact) mass is 213 g/mol. The lowest BCUT2D eigenvalue weighted by molar-refractivity contribution is -0.870. The average molecular weight is 213 g/mol. The number of quaternary nitrogens is 1. The van der Waals surface area contributed by atoms with Gasteiger partial charge in [-0.1, -0.05) is 0 Å². The molecule has 4 heteroatoms. The summed E-state index contributed by atoms with van der Waals surface area (Å²) in [7, 11) is 6.40. The molecule has 0 aliphatic heterocycles. The lowest BCUT2D eigenvalue weighted by atomic mass is 10.1. The zero-order valence-electron chi connectivity index (χ0n) is 10.2. The maximum Gasteiger partial charge on any atom is 0.225 e. The van der Waals surface area contributed by atoms with E-state index in [0.29, 0.717) is 5.89 Å². The summed E-state index contributed by atoms with van der Waals surface area (Å²) in [5.41, 5.74) is -0.991. The quantitative estimate of drug-likeness (QED) is 0.763. The maximum absolute atomic E-state index is 9.67. The SMILES string of the molecule is CC(C)(O)c1ncc(CC[N+](C)(C)C)o1. The van der Waals surface area contributed by atoms with Crippen molar-refractivity contribution >= 4 is 0 Å². The molecule has 1 heterocycles. The van der Waals surface area contributed by atoms with Crippen molar-refractivity contribution in [2.75, 3.05) is 27.7 Å². The van der Waals surface area contributed by atoms with Crippen LogP contribution in [0.1, 0.15) is 25.5 Å². The van der Waals surface area contributed by atoms with Crippen LogP contribution in [0.15, 0.2) is 10.6 Å². The molecule has 0 aromatic carbocycles. The number of rotatable bonds is 4. The van der Waals surface area contributed by atoms with Crippen LogP contribution in [-0.2, 0) is 12.0 Å². The molecule has 0 atom stereocenters. The van der Waals surface area contributed by atoms with E-state index in [1.165, 1.54) is 0 Å². The summed E-state index contributed by atoms with van der Waals surface area (Å²) in [6.07, 6.45) is 2.54. The fourth-order valence-electron chi connectivity index (χ4n) is 1.15. The number of aliphatic hydroxyl groups is 1. The molecule has 0 saturated carbocycles. The van der Waals surface area contributed by atoms with Crippen molar-refractivity contribution in [3.63, 3.8) is 0 Å². The smallest absolute Gasteiger partial charge is 0.225 e. The van der Waals surface area contributed by atoms with Gasteiger partial charge in [0.05, 0.1) is 40.3 Å². The highest BCUT2D eigenvalue weighted by Gasteiger charge is 2.22. The summed E-state index contributed by atoms with van der Waals surface area (Å²) in [4.78, 5) is 4.06. The van der Waals surface area contributed by atoms with Crippen LogP contribution in [0.25, 0.3) is 0 Å². The molecule has 1 rings (SSSR count). The second-order valence-electron chi connectivity index (χ2n) is 5.45. The predicted octanol–water partition coefficient (Wildman–Crippen LogP) is 1.15. The normalized spacial score (nSPS) is 13.2. The molecule has 86 valence electrons. The fraction of sp³-hybridized carbons (Fsp3) is 0.727. The Morgan fingerprint density at radius 1 is 1.40 bits per heavy atom. The van der Waals surface area contributed by atoms with Gasteiger partial charge in [-0.05, 0) is 13.8 Å². The molecule has 15 heavy (non-hydrogen) atoms. The lowest BCUT2D eigenvalue weighted by Crippen LogP contribution is -2.36. The molecule has 4 nitrogen and oxygen atoms in total. The molecule has 1 aromatic rings. The fourth-order valence-corrected chi connectivity index (χ4v) is 1.15. The molecular weight excluding hydrogens is 192 g/mol. The Morgan fingerprint density at radius 2 is 2.00 bits per heavy atom. The minimum absolute atomic E-state index is 0.388. The van der Waals surface area contributed by atoms with Crippen molar-refractivity contribution in [3.8, 4) is 0 Å². The zero-order valence-corrected chi connectivity index (χ0v) is 10.2. The average Bonchev–Trinajstić information content (AvgIpc) is 2.45. The Balaban J connectivity index is 2.62. The number of nitrogens with zero attached hydrogens (tertiary/aromatic N) is 2. The molecule has 0 amide bonds. The third-order valence-electron chi connectivity index (χ3n) is 2.11. The van der Waals surface area contributed by atoms with Crippen molar-refractivity contribution in [2.45, 2.75) is 25.9 Å². The van der Waals surface area contributed by atoms with E-state index in [9.17, 15) is 5.11 Å². The van der Waals surface area contributed by atoms with Crippen LogP contribution in [0.4, 0.5) is 0 Å². The van der Waals surface area contributed by atoms with Gasteiger partial charge in [0.15, 0.2) is 0 Å². The third kappa shape index (κ3) is 4.01. The molecule has 1 aromatic heterocycles. The maximum atomic E-state index is 9.67. The van der Waals surface area contributed by atoms with Gasteiger partial charge >= 0.3 is 0 Å². The van der Waals surface area contributed by atoms with Crippen molar-refractivity contribution in [3.05, 3.63) is 17.8 Å². The molecule has 0 aliphatic rings. The molecule has 0 fully saturated rings. The van der Waals surface area contributed by atoms with Crippen LogP contribution >= 0.6 is 0 Å². The predicted molar refractivity (Wildman–Crippen MR) is 58.4 cm³/mol. The molecule has 0 bridgehead atoms. The van der Waals surface area contributed by atoms with E-state index in [1.807, 2.05) is 0 Å². The van der Waals surface area contributed by atoms with E-state index < -0.39 is 5.60 Å². The van der Waals surface area contributed by atoms with Gasteiger partial charge < -0.3 is 14.0 Å². The standard InChI is InChI=1S/C11H21N2O2/c1-11(2,14)10-12-8-9(15-10)6-7-13(3,4)5/h8,14H,6-7H2,1-5H3/q+1. The van der Waals surface area contributed by atoms with Crippen LogP contribution in [0.5, 0.6) is 0 Å². The highest BCUT2D eigenvalue weighted by atomic mass is 16.4. The van der Waals surface area contributed by atoms with E-state index in [2.05, 4.69) is 26.1 Å². The van der Waals surface area contributed by atoms with Crippen LogP contribution in [-0.4, -0.2) is 42.3 Å². The minimum atomic E-state index is -0.991. The number of likely N-dealkylation sites (N-methyl/N-ethyl adjacent to an activating group) is 1. The summed E-state index contributed by atoms with van der Waals surface area (Å²) in [6, 6.07) is 0. The van der Waals surface area contributed by atoms with Gasteiger partial charge in [-0.2, -0.15) is 0 Å². The van der Waals surface area contributed by atoms with Crippen molar-refractivity contribution in [2.24, 2.45) is 0 Å². The van der Waals surface area contributed by atoms with Crippen LogP contribution in [0.3, 0.4) is 0 Å². The summed E-state index contributed by atoms with van der Waals surface area (Å²) in [5, 5.41) is 9.67. The number of hydrogen-bond acceptors (Lipinski definition) is 3. The van der Waals surface area contributed by atoms with Crippen LogP contribution in [0, 0.1) is 0 Å². The van der Waals surface area contributed by atoms with E-state index >= 15 is 0 Å². The topological polar surface area (TPSA) is 46.3 Å². The van der Waals surface area contributed by atoms with Crippen molar-refractivity contribution < 1.29 is 14.0 Å². The van der Waals surface area contributed by atoms with Crippen LogP contribution < -0.4 is 0 Å². The number of oxazole rings is 1. The Morgan fingerprint density at radius 3 is 2.40 bits per heavy atom. The van der Waals surface area contributed by atoms with Crippen molar-refractivity contribution in [1.82, 2.24) is 4.98 Å². The van der Waals surface area contributed by atoms with Gasteiger partial charge in [0.2, 0.25) is 5.89 Å². The number of hydrogen-bond donors (Lipinski definition) is 1. The molecule has 0 unspecified atom stereocenters. The largest absolute Gasteiger partial charge is 0.442 e. The Kier molecular flexibility index (Phi) is 3.21. The molecule has 0 saturated heterocycles. The molecular formula is C11H21N2O2+. The second kappa shape index (κ2) is 3.94. The summed E-state index contributed by atoms with van der Waals surface area (Å²) in [5.74, 6) is 1.22.